The Hall–Kier alpha value is -1.20. The molecular formula is C14H13BrN2OS. The first-order chi connectivity index (χ1) is 9.27. The van der Waals surface area contributed by atoms with Gasteiger partial charge in [-0.15, -0.1) is 11.3 Å². The number of likely N-dealkylation sites (tertiary alicyclic amines) is 1. The number of amides is 1. The maximum absolute atomic E-state index is 12.6. The Morgan fingerprint density at radius 2 is 2.16 bits per heavy atom. The van der Waals surface area contributed by atoms with Crippen LogP contribution in [0.1, 0.15) is 34.1 Å². The highest BCUT2D eigenvalue weighted by Gasteiger charge is 2.31. The second-order valence-corrected chi connectivity index (χ2v) is 6.31. The van der Waals surface area contributed by atoms with Crippen LogP contribution in [0.15, 0.2) is 40.4 Å². The van der Waals surface area contributed by atoms with Crippen LogP contribution in [-0.4, -0.2) is 22.3 Å². The van der Waals surface area contributed by atoms with Gasteiger partial charge in [0.1, 0.15) is 4.88 Å². The Morgan fingerprint density at radius 1 is 1.37 bits per heavy atom. The van der Waals surface area contributed by atoms with Crippen LogP contribution in [0.4, 0.5) is 0 Å². The van der Waals surface area contributed by atoms with Crippen molar-refractivity contribution in [2.24, 2.45) is 0 Å². The van der Waals surface area contributed by atoms with E-state index < -0.39 is 0 Å². The van der Waals surface area contributed by atoms with E-state index in [0.29, 0.717) is 0 Å². The molecule has 1 unspecified atom stereocenters. The summed E-state index contributed by atoms with van der Waals surface area (Å²) in [4.78, 5) is 19.4. The molecule has 2 aromatic rings. The van der Waals surface area contributed by atoms with Crippen molar-refractivity contribution < 1.29 is 4.79 Å². The lowest BCUT2D eigenvalue weighted by Crippen LogP contribution is -2.30. The number of halogens is 1. The summed E-state index contributed by atoms with van der Waals surface area (Å²) in [6, 6.07) is 6.11. The zero-order valence-electron chi connectivity index (χ0n) is 10.3. The highest BCUT2D eigenvalue weighted by atomic mass is 79.9. The van der Waals surface area contributed by atoms with Crippen LogP contribution in [0.2, 0.25) is 0 Å². The molecule has 1 fully saturated rings. The smallest absolute Gasteiger partial charge is 0.265 e. The van der Waals surface area contributed by atoms with E-state index in [0.717, 1.165) is 28.7 Å². The number of aromatic nitrogens is 1. The third-order valence-corrected chi connectivity index (χ3v) is 5.24. The third-order valence-electron chi connectivity index (χ3n) is 3.42. The van der Waals surface area contributed by atoms with Crippen molar-refractivity contribution in [3.05, 3.63) is 50.9 Å². The molecule has 1 saturated heterocycles. The van der Waals surface area contributed by atoms with Crippen LogP contribution in [0.25, 0.3) is 0 Å². The van der Waals surface area contributed by atoms with Gasteiger partial charge in [-0.05, 0) is 57.9 Å². The summed E-state index contributed by atoms with van der Waals surface area (Å²) in [5.74, 6) is 0.126. The van der Waals surface area contributed by atoms with Gasteiger partial charge in [0, 0.05) is 23.4 Å². The second kappa shape index (κ2) is 5.43. The molecule has 3 rings (SSSR count). The molecule has 1 atom stereocenters. The van der Waals surface area contributed by atoms with Gasteiger partial charge in [0.25, 0.3) is 5.91 Å². The number of thiophene rings is 1. The summed E-state index contributed by atoms with van der Waals surface area (Å²) in [5.41, 5.74) is 1.17. The zero-order chi connectivity index (χ0) is 13.2. The van der Waals surface area contributed by atoms with E-state index in [9.17, 15) is 4.79 Å². The molecule has 19 heavy (non-hydrogen) atoms. The fourth-order valence-electron chi connectivity index (χ4n) is 2.52. The fourth-order valence-corrected chi connectivity index (χ4v) is 4.01. The third kappa shape index (κ3) is 2.44. The van der Waals surface area contributed by atoms with Crippen LogP contribution in [0.3, 0.4) is 0 Å². The molecule has 0 spiro atoms. The monoisotopic (exact) mass is 336 g/mol. The number of hydrogen-bond acceptors (Lipinski definition) is 3. The zero-order valence-corrected chi connectivity index (χ0v) is 12.7. The Kier molecular flexibility index (Phi) is 3.66. The van der Waals surface area contributed by atoms with Gasteiger partial charge >= 0.3 is 0 Å². The second-order valence-electron chi connectivity index (χ2n) is 4.53. The molecule has 98 valence electrons. The van der Waals surface area contributed by atoms with Crippen molar-refractivity contribution in [2.75, 3.05) is 6.54 Å². The lowest BCUT2D eigenvalue weighted by molar-refractivity contribution is 0.0739. The predicted molar refractivity (Wildman–Crippen MR) is 79.3 cm³/mol. The largest absolute Gasteiger partial charge is 0.331 e. The molecule has 0 radical (unpaired) electrons. The quantitative estimate of drug-likeness (QED) is 0.833. The van der Waals surface area contributed by atoms with E-state index in [1.807, 2.05) is 28.5 Å². The van der Waals surface area contributed by atoms with Crippen LogP contribution < -0.4 is 0 Å². The Morgan fingerprint density at radius 3 is 2.84 bits per heavy atom. The summed E-state index contributed by atoms with van der Waals surface area (Å²) >= 11 is 4.93. The lowest BCUT2D eigenvalue weighted by atomic mass is 10.1. The molecular weight excluding hydrogens is 324 g/mol. The van der Waals surface area contributed by atoms with E-state index in [-0.39, 0.29) is 11.9 Å². The molecule has 1 amide bonds. The highest BCUT2D eigenvalue weighted by molar-refractivity contribution is 9.10. The van der Waals surface area contributed by atoms with Gasteiger partial charge < -0.3 is 4.90 Å². The molecule has 0 bridgehead atoms. The van der Waals surface area contributed by atoms with Crippen LogP contribution in [-0.2, 0) is 0 Å². The standard InChI is InChI=1S/C14H13BrN2OS/c15-11-5-9-19-13(11)14(18)17-8-1-2-12(17)10-3-6-16-7-4-10/h3-7,9,12H,1-2,8H2. The van der Waals surface area contributed by atoms with E-state index in [2.05, 4.69) is 20.9 Å². The SMILES string of the molecule is O=C(c1sccc1Br)N1CCCC1c1ccncc1. The number of hydrogen-bond donors (Lipinski definition) is 0. The first-order valence-corrected chi connectivity index (χ1v) is 7.88. The summed E-state index contributed by atoms with van der Waals surface area (Å²) in [6.45, 7) is 0.830. The van der Waals surface area contributed by atoms with Crippen molar-refractivity contribution in [3.63, 3.8) is 0 Å². The Bertz CT molecular complexity index is 584. The summed E-state index contributed by atoms with van der Waals surface area (Å²) in [5, 5.41) is 1.94. The molecule has 3 heterocycles. The molecule has 1 aliphatic heterocycles. The fraction of sp³-hybridized carbons (Fsp3) is 0.286. The highest BCUT2D eigenvalue weighted by Crippen LogP contribution is 2.35. The minimum absolute atomic E-state index is 0.126. The Balaban J connectivity index is 1.88. The van der Waals surface area contributed by atoms with E-state index in [1.165, 1.54) is 16.9 Å². The minimum atomic E-state index is 0.126. The van der Waals surface area contributed by atoms with E-state index in [1.54, 1.807) is 12.4 Å². The van der Waals surface area contributed by atoms with Gasteiger partial charge in [0.15, 0.2) is 0 Å². The molecule has 1 aliphatic rings. The average molecular weight is 337 g/mol. The molecule has 5 heteroatoms. The number of nitrogens with zero attached hydrogens (tertiary/aromatic N) is 2. The van der Waals surface area contributed by atoms with Gasteiger partial charge in [-0.3, -0.25) is 9.78 Å². The molecule has 0 N–H and O–H groups in total. The van der Waals surface area contributed by atoms with Crippen molar-refractivity contribution in [1.82, 2.24) is 9.88 Å². The Labute approximate surface area is 124 Å². The average Bonchev–Trinajstić information content (AvgIpc) is 3.07. The molecule has 0 saturated carbocycles. The predicted octanol–water partition coefficient (Wildman–Crippen LogP) is 3.88. The maximum Gasteiger partial charge on any atom is 0.265 e. The van der Waals surface area contributed by atoms with Gasteiger partial charge in [0.2, 0.25) is 0 Å². The topological polar surface area (TPSA) is 33.2 Å². The van der Waals surface area contributed by atoms with Crippen LogP contribution in [0.5, 0.6) is 0 Å². The lowest BCUT2D eigenvalue weighted by Gasteiger charge is -2.24. The number of pyridine rings is 1. The van der Waals surface area contributed by atoms with Crippen LogP contribution >= 0.6 is 27.3 Å². The van der Waals surface area contributed by atoms with Gasteiger partial charge in [0.05, 0.1) is 6.04 Å². The van der Waals surface area contributed by atoms with Gasteiger partial charge in [-0.25, -0.2) is 0 Å². The van der Waals surface area contributed by atoms with Crippen LogP contribution in [0, 0.1) is 0 Å². The number of rotatable bonds is 2. The van der Waals surface area contributed by atoms with Gasteiger partial charge in [-0.2, -0.15) is 0 Å². The molecule has 2 aromatic heterocycles. The van der Waals surface area contributed by atoms with Crippen molar-refractivity contribution >= 4 is 33.2 Å². The number of carbonyl (C=O) groups excluding carboxylic acids is 1. The normalized spacial score (nSPS) is 18.8. The summed E-state index contributed by atoms with van der Waals surface area (Å²) in [7, 11) is 0. The molecule has 0 aliphatic carbocycles. The van der Waals surface area contributed by atoms with Crippen molar-refractivity contribution in [3.8, 4) is 0 Å². The summed E-state index contributed by atoms with van der Waals surface area (Å²) < 4.78 is 0.892. The molecule has 3 nitrogen and oxygen atoms in total. The van der Waals surface area contributed by atoms with Crippen molar-refractivity contribution in [1.29, 1.82) is 0 Å². The first-order valence-electron chi connectivity index (χ1n) is 6.21. The van der Waals surface area contributed by atoms with Gasteiger partial charge in [-0.1, -0.05) is 0 Å². The number of carbonyl (C=O) groups is 1. The maximum atomic E-state index is 12.6. The first kappa shape index (κ1) is 12.8. The summed E-state index contributed by atoms with van der Waals surface area (Å²) in [6.07, 6.45) is 5.66. The minimum Gasteiger partial charge on any atom is -0.331 e. The van der Waals surface area contributed by atoms with E-state index >= 15 is 0 Å². The van der Waals surface area contributed by atoms with E-state index in [4.69, 9.17) is 0 Å². The van der Waals surface area contributed by atoms with Crippen molar-refractivity contribution in [2.45, 2.75) is 18.9 Å². The molecule has 0 aromatic carbocycles.